The summed E-state index contributed by atoms with van der Waals surface area (Å²) >= 11 is 0. The summed E-state index contributed by atoms with van der Waals surface area (Å²) in [5, 5.41) is 5.22. The molecule has 0 saturated carbocycles. The van der Waals surface area contributed by atoms with Crippen molar-refractivity contribution in [1.82, 2.24) is 19.4 Å². The monoisotopic (exact) mass is 335 g/mol. The number of hydrogen-bond donors (Lipinski definition) is 1. The molecule has 0 aliphatic carbocycles. The van der Waals surface area contributed by atoms with Gasteiger partial charge in [-0.25, -0.2) is 23.5 Å². The van der Waals surface area contributed by atoms with Gasteiger partial charge in [0.2, 0.25) is 10.0 Å². The summed E-state index contributed by atoms with van der Waals surface area (Å²) in [7, 11) is -3.45. The highest BCUT2D eigenvalue weighted by Crippen LogP contribution is 2.20. The average Bonchev–Trinajstić information content (AvgIpc) is 3.03. The third kappa shape index (κ3) is 4.37. The van der Waals surface area contributed by atoms with Gasteiger partial charge in [-0.05, 0) is 31.0 Å². The van der Waals surface area contributed by atoms with Crippen LogP contribution in [0.5, 0.6) is 0 Å². The van der Waals surface area contributed by atoms with Gasteiger partial charge in [0.15, 0.2) is 0 Å². The van der Waals surface area contributed by atoms with E-state index in [-0.39, 0.29) is 11.8 Å². The number of sulfonamides is 1. The fourth-order valence-corrected chi connectivity index (χ4v) is 3.93. The van der Waals surface area contributed by atoms with Crippen molar-refractivity contribution in [3.05, 3.63) is 42.6 Å². The second-order valence-corrected chi connectivity index (χ2v) is 7.60. The molecule has 3 heterocycles. The van der Waals surface area contributed by atoms with Crippen molar-refractivity contribution in [3.8, 4) is 5.82 Å². The van der Waals surface area contributed by atoms with Gasteiger partial charge in [-0.15, -0.1) is 0 Å². The highest BCUT2D eigenvalue weighted by Gasteiger charge is 2.26. The van der Waals surface area contributed by atoms with Gasteiger partial charge in [-0.3, -0.25) is 9.47 Å². The lowest BCUT2D eigenvalue weighted by atomic mass is 10.0. The predicted octanol–water partition coefficient (Wildman–Crippen LogP) is 0.910. The molecule has 3 rings (SSSR count). The number of aromatic nitrogens is 3. The molecule has 2 aromatic rings. The maximum Gasteiger partial charge on any atom is 0.210 e. The zero-order chi connectivity index (χ0) is 16.3. The molecule has 0 spiro atoms. The Labute approximate surface area is 136 Å². The molecule has 23 heavy (non-hydrogen) atoms. The summed E-state index contributed by atoms with van der Waals surface area (Å²) in [5.74, 6) is 0.832. The maximum absolute atomic E-state index is 11.4. The Balaban J connectivity index is 1.69. The summed E-state index contributed by atoms with van der Waals surface area (Å²) < 4.78 is 24.6. The Kier molecular flexibility index (Phi) is 4.74. The van der Waals surface area contributed by atoms with E-state index < -0.39 is 10.0 Å². The van der Waals surface area contributed by atoms with E-state index in [1.54, 1.807) is 12.5 Å². The van der Waals surface area contributed by atoms with Crippen molar-refractivity contribution in [2.75, 3.05) is 12.3 Å². The van der Waals surface area contributed by atoms with Gasteiger partial charge in [-0.2, -0.15) is 0 Å². The number of nitrogens with zero attached hydrogens (tertiary/aromatic N) is 4. The summed E-state index contributed by atoms with van der Waals surface area (Å²) in [6, 6.07) is 3.95. The van der Waals surface area contributed by atoms with Gasteiger partial charge in [0.25, 0.3) is 0 Å². The molecule has 0 radical (unpaired) electrons. The first-order valence-electron chi connectivity index (χ1n) is 7.69. The molecule has 2 N–H and O–H groups in total. The Morgan fingerprint density at radius 1 is 1.30 bits per heavy atom. The van der Waals surface area contributed by atoms with Gasteiger partial charge >= 0.3 is 0 Å². The largest absolute Gasteiger partial charge is 0.295 e. The third-order valence-electron chi connectivity index (χ3n) is 4.14. The lowest BCUT2D eigenvalue weighted by Crippen LogP contribution is -2.44. The van der Waals surface area contributed by atoms with Crippen LogP contribution in [0.2, 0.25) is 0 Å². The van der Waals surface area contributed by atoms with E-state index in [2.05, 4.69) is 14.9 Å². The van der Waals surface area contributed by atoms with E-state index in [1.807, 2.05) is 29.1 Å². The normalized spacial score (nSPS) is 19.8. The van der Waals surface area contributed by atoms with Crippen molar-refractivity contribution >= 4 is 10.0 Å². The van der Waals surface area contributed by atoms with Crippen LogP contribution in [-0.2, 0) is 16.6 Å². The minimum absolute atomic E-state index is 0.00734. The van der Waals surface area contributed by atoms with E-state index in [4.69, 9.17) is 5.14 Å². The molecule has 124 valence electrons. The topological polar surface area (TPSA) is 94.1 Å². The number of pyridine rings is 1. The number of hydrogen-bond acceptors (Lipinski definition) is 5. The van der Waals surface area contributed by atoms with Gasteiger partial charge < -0.3 is 0 Å². The van der Waals surface area contributed by atoms with Crippen molar-refractivity contribution in [1.29, 1.82) is 0 Å². The highest BCUT2D eigenvalue weighted by atomic mass is 32.2. The molecule has 1 aliphatic heterocycles. The molecular weight excluding hydrogens is 314 g/mol. The highest BCUT2D eigenvalue weighted by molar-refractivity contribution is 7.89. The van der Waals surface area contributed by atoms with Crippen LogP contribution in [0.25, 0.3) is 5.82 Å². The molecule has 0 bridgehead atoms. The minimum atomic E-state index is -3.45. The van der Waals surface area contributed by atoms with Crippen LogP contribution in [0.1, 0.15) is 24.8 Å². The quantitative estimate of drug-likeness (QED) is 0.876. The number of rotatable bonds is 5. The molecule has 7 nitrogen and oxygen atoms in total. The average molecular weight is 335 g/mol. The molecular formula is C15H21N5O2S. The molecule has 1 fully saturated rings. The van der Waals surface area contributed by atoms with Gasteiger partial charge in [0.1, 0.15) is 12.1 Å². The van der Waals surface area contributed by atoms with Crippen LogP contribution in [0.3, 0.4) is 0 Å². The summed E-state index contributed by atoms with van der Waals surface area (Å²) in [6.07, 6.45) is 10.1. The third-order valence-corrected chi connectivity index (χ3v) is 4.99. The first kappa shape index (κ1) is 16.1. The summed E-state index contributed by atoms with van der Waals surface area (Å²) in [6.45, 7) is 1.58. The summed E-state index contributed by atoms with van der Waals surface area (Å²) in [5.41, 5.74) is 1.06. The number of imidazole rings is 1. The van der Waals surface area contributed by atoms with E-state index in [9.17, 15) is 8.42 Å². The molecule has 1 unspecified atom stereocenters. The van der Waals surface area contributed by atoms with Crippen molar-refractivity contribution in [2.24, 2.45) is 5.14 Å². The Hall–Kier alpha value is -1.77. The zero-order valence-electron chi connectivity index (χ0n) is 12.9. The van der Waals surface area contributed by atoms with Crippen LogP contribution >= 0.6 is 0 Å². The van der Waals surface area contributed by atoms with Gasteiger partial charge in [-0.1, -0.05) is 12.5 Å². The van der Waals surface area contributed by atoms with Crippen molar-refractivity contribution in [3.63, 3.8) is 0 Å². The molecule has 0 aromatic carbocycles. The van der Waals surface area contributed by atoms with E-state index in [0.29, 0.717) is 6.54 Å². The first-order chi connectivity index (χ1) is 11.0. The molecule has 1 saturated heterocycles. The van der Waals surface area contributed by atoms with Crippen LogP contribution in [0.15, 0.2) is 37.1 Å². The van der Waals surface area contributed by atoms with Crippen molar-refractivity contribution in [2.45, 2.75) is 31.8 Å². The fraction of sp³-hybridized carbons (Fsp3) is 0.467. The van der Waals surface area contributed by atoms with E-state index >= 15 is 0 Å². The number of likely N-dealkylation sites (tertiary alicyclic amines) is 1. The molecule has 1 aliphatic rings. The second-order valence-electron chi connectivity index (χ2n) is 5.94. The molecule has 8 heteroatoms. The SMILES string of the molecule is NS(=O)(=O)CC1CCCCN1Cc1ccc(-n2ccnc2)nc1. The van der Waals surface area contributed by atoms with Gasteiger partial charge in [0.05, 0.1) is 5.75 Å². The molecule has 1 atom stereocenters. The predicted molar refractivity (Wildman–Crippen MR) is 87.4 cm³/mol. The van der Waals surface area contributed by atoms with E-state index in [1.165, 1.54) is 0 Å². The number of primary sulfonamides is 1. The summed E-state index contributed by atoms with van der Waals surface area (Å²) in [4.78, 5) is 10.6. The lowest BCUT2D eigenvalue weighted by Gasteiger charge is -2.35. The Bertz CT molecular complexity index is 728. The molecule has 2 aromatic heterocycles. The second kappa shape index (κ2) is 6.77. The van der Waals surface area contributed by atoms with Gasteiger partial charge in [0, 0.05) is 31.2 Å². The standard InChI is InChI=1S/C15H21N5O2S/c16-23(21,22)11-14-3-1-2-7-19(14)10-13-4-5-15(18-9-13)20-8-6-17-12-20/h4-6,8-9,12,14H,1-3,7,10-11H2,(H2,16,21,22). The lowest BCUT2D eigenvalue weighted by molar-refractivity contribution is 0.154. The fourth-order valence-electron chi connectivity index (χ4n) is 3.02. The Morgan fingerprint density at radius 3 is 2.83 bits per heavy atom. The van der Waals surface area contributed by atoms with Crippen LogP contribution < -0.4 is 5.14 Å². The minimum Gasteiger partial charge on any atom is -0.295 e. The van der Waals surface area contributed by atoms with E-state index in [0.717, 1.165) is 37.2 Å². The number of piperidine rings is 1. The molecule has 0 amide bonds. The number of nitrogens with two attached hydrogens (primary N) is 1. The Morgan fingerprint density at radius 2 is 2.17 bits per heavy atom. The zero-order valence-corrected chi connectivity index (χ0v) is 13.7. The maximum atomic E-state index is 11.4. The smallest absolute Gasteiger partial charge is 0.210 e. The van der Waals surface area contributed by atoms with Crippen LogP contribution in [0.4, 0.5) is 0 Å². The van der Waals surface area contributed by atoms with Crippen molar-refractivity contribution < 1.29 is 8.42 Å². The van der Waals surface area contributed by atoms with Crippen LogP contribution in [-0.4, -0.2) is 46.2 Å². The first-order valence-corrected chi connectivity index (χ1v) is 9.40. The van der Waals surface area contributed by atoms with Crippen LogP contribution in [0, 0.1) is 0 Å².